The molecular formula is C16H13BrO. The van der Waals surface area contributed by atoms with Crippen LogP contribution in [0.3, 0.4) is 0 Å². The van der Waals surface area contributed by atoms with E-state index in [1.165, 1.54) is 0 Å². The van der Waals surface area contributed by atoms with Gasteiger partial charge in [-0.2, -0.15) is 0 Å². The Morgan fingerprint density at radius 3 is 2.11 bits per heavy atom. The monoisotopic (exact) mass is 300 g/mol. The van der Waals surface area contributed by atoms with Gasteiger partial charge in [0.15, 0.2) is 5.78 Å². The second kappa shape index (κ2) is 4.36. The number of Topliss-reactive ketones (excluding diaryl/α,β-unsaturated/α-hetero) is 1. The Hall–Kier alpha value is -1.41. The number of ketones is 1. The Labute approximate surface area is 115 Å². The molecular weight excluding hydrogens is 288 g/mol. The van der Waals surface area contributed by atoms with E-state index in [0.717, 1.165) is 28.4 Å². The van der Waals surface area contributed by atoms with Crippen LogP contribution in [0.1, 0.15) is 28.8 Å². The molecule has 3 rings (SSSR count). The van der Waals surface area contributed by atoms with Gasteiger partial charge in [0.05, 0.1) is 5.41 Å². The average Bonchev–Trinajstić information content (AvgIpc) is 3.21. The quantitative estimate of drug-likeness (QED) is 0.770. The molecule has 1 saturated carbocycles. The summed E-state index contributed by atoms with van der Waals surface area (Å²) in [6.07, 6.45) is 1.93. The van der Waals surface area contributed by atoms with Gasteiger partial charge in [-0.05, 0) is 30.5 Å². The van der Waals surface area contributed by atoms with E-state index < -0.39 is 0 Å². The minimum atomic E-state index is -0.255. The number of hydrogen-bond donors (Lipinski definition) is 0. The lowest BCUT2D eigenvalue weighted by Crippen LogP contribution is -2.20. The van der Waals surface area contributed by atoms with Crippen molar-refractivity contribution in [3.05, 3.63) is 70.2 Å². The molecule has 0 heterocycles. The molecule has 1 aliphatic carbocycles. The molecule has 1 nitrogen and oxygen atoms in total. The highest BCUT2D eigenvalue weighted by molar-refractivity contribution is 9.10. The van der Waals surface area contributed by atoms with E-state index in [9.17, 15) is 4.79 Å². The van der Waals surface area contributed by atoms with E-state index in [1.54, 1.807) is 0 Å². The minimum absolute atomic E-state index is 0.251. The van der Waals surface area contributed by atoms with Crippen LogP contribution in [0.25, 0.3) is 0 Å². The molecule has 0 unspecified atom stereocenters. The summed E-state index contributed by atoms with van der Waals surface area (Å²) in [4.78, 5) is 12.6. The summed E-state index contributed by atoms with van der Waals surface area (Å²) in [6.45, 7) is 0. The zero-order chi connectivity index (χ0) is 12.6. The predicted octanol–water partition coefficient (Wildman–Crippen LogP) is 4.36. The third kappa shape index (κ3) is 1.91. The van der Waals surface area contributed by atoms with Crippen LogP contribution in [-0.4, -0.2) is 5.78 Å². The molecule has 0 aliphatic heterocycles. The lowest BCUT2D eigenvalue weighted by Gasteiger charge is -2.14. The van der Waals surface area contributed by atoms with Crippen molar-refractivity contribution in [2.45, 2.75) is 18.3 Å². The standard InChI is InChI=1S/C16H13BrO/c17-14-8-6-12(7-9-14)15(18)16(10-11-16)13-4-2-1-3-5-13/h1-9H,10-11H2. The molecule has 0 radical (unpaired) electrons. The van der Waals surface area contributed by atoms with Crippen LogP contribution in [0.4, 0.5) is 0 Å². The molecule has 18 heavy (non-hydrogen) atoms. The first kappa shape index (κ1) is 11.7. The van der Waals surface area contributed by atoms with E-state index in [1.807, 2.05) is 42.5 Å². The third-order valence-electron chi connectivity index (χ3n) is 3.62. The zero-order valence-corrected chi connectivity index (χ0v) is 11.5. The van der Waals surface area contributed by atoms with Crippen LogP contribution in [0.2, 0.25) is 0 Å². The number of halogens is 1. The second-order valence-corrected chi connectivity index (χ2v) is 5.70. The second-order valence-electron chi connectivity index (χ2n) is 4.78. The van der Waals surface area contributed by atoms with Crippen LogP contribution in [-0.2, 0) is 5.41 Å². The van der Waals surface area contributed by atoms with Gasteiger partial charge in [-0.25, -0.2) is 0 Å². The molecule has 0 N–H and O–H groups in total. The first-order valence-corrected chi connectivity index (χ1v) is 6.88. The van der Waals surface area contributed by atoms with Gasteiger partial charge in [-0.1, -0.05) is 58.4 Å². The molecule has 1 fully saturated rings. The Kier molecular flexibility index (Phi) is 2.83. The summed E-state index contributed by atoms with van der Waals surface area (Å²) in [5.41, 5.74) is 1.70. The predicted molar refractivity (Wildman–Crippen MR) is 75.8 cm³/mol. The summed E-state index contributed by atoms with van der Waals surface area (Å²) in [6, 6.07) is 17.8. The Morgan fingerprint density at radius 1 is 0.944 bits per heavy atom. The van der Waals surface area contributed by atoms with Gasteiger partial charge in [-0.15, -0.1) is 0 Å². The SMILES string of the molecule is O=C(c1ccc(Br)cc1)C1(c2ccccc2)CC1. The molecule has 0 bridgehead atoms. The van der Waals surface area contributed by atoms with Gasteiger partial charge < -0.3 is 0 Å². The van der Waals surface area contributed by atoms with E-state index >= 15 is 0 Å². The van der Waals surface area contributed by atoms with Crippen LogP contribution in [0.15, 0.2) is 59.1 Å². The summed E-state index contributed by atoms with van der Waals surface area (Å²) >= 11 is 3.39. The van der Waals surface area contributed by atoms with Crippen molar-refractivity contribution in [1.29, 1.82) is 0 Å². The molecule has 2 aromatic carbocycles. The van der Waals surface area contributed by atoms with Gasteiger partial charge >= 0.3 is 0 Å². The highest BCUT2D eigenvalue weighted by Gasteiger charge is 2.50. The van der Waals surface area contributed by atoms with Gasteiger partial charge in [0.1, 0.15) is 0 Å². The average molecular weight is 301 g/mol. The molecule has 0 atom stereocenters. The fourth-order valence-corrected chi connectivity index (χ4v) is 2.67. The van der Waals surface area contributed by atoms with Crippen molar-refractivity contribution in [2.24, 2.45) is 0 Å². The smallest absolute Gasteiger partial charge is 0.173 e. The maximum absolute atomic E-state index is 12.6. The van der Waals surface area contributed by atoms with Crippen LogP contribution >= 0.6 is 15.9 Å². The first-order chi connectivity index (χ1) is 8.72. The number of carbonyl (C=O) groups is 1. The van der Waals surface area contributed by atoms with Crippen molar-refractivity contribution >= 4 is 21.7 Å². The Balaban J connectivity index is 1.96. The molecule has 2 heteroatoms. The van der Waals surface area contributed by atoms with Crippen molar-refractivity contribution in [3.8, 4) is 0 Å². The highest BCUT2D eigenvalue weighted by Crippen LogP contribution is 2.50. The van der Waals surface area contributed by atoms with Crippen molar-refractivity contribution < 1.29 is 4.79 Å². The number of benzene rings is 2. The maximum atomic E-state index is 12.6. The van der Waals surface area contributed by atoms with Gasteiger partial charge in [0.25, 0.3) is 0 Å². The van der Waals surface area contributed by atoms with E-state index in [2.05, 4.69) is 28.1 Å². The molecule has 0 amide bonds. The molecule has 0 aromatic heterocycles. The van der Waals surface area contributed by atoms with Crippen LogP contribution in [0, 0.1) is 0 Å². The molecule has 0 saturated heterocycles. The number of carbonyl (C=O) groups excluding carboxylic acids is 1. The normalized spacial score (nSPS) is 16.3. The van der Waals surface area contributed by atoms with Gasteiger partial charge in [0, 0.05) is 10.0 Å². The fourth-order valence-electron chi connectivity index (χ4n) is 2.41. The van der Waals surface area contributed by atoms with E-state index in [-0.39, 0.29) is 11.2 Å². The molecule has 90 valence electrons. The summed E-state index contributed by atoms with van der Waals surface area (Å²) in [5, 5.41) is 0. The first-order valence-electron chi connectivity index (χ1n) is 6.08. The fraction of sp³-hybridized carbons (Fsp3) is 0.188. The molecule has 0 spiro atoms. The van der Waals surface area contributed by atoms with Crippen LogP contribution < -0.4 is 0 Å². The van der Waals surface area contributed by atoms with Crippen molar-refractivity contribution in [3.63, 3.8) is 0 Å². The van der Waals surface area contributed by atoms with Crippen molar-refractivity contribution in [1.82, 2.24) is 0 Å². The molecule has 2 aromatic rings. The minimum Gasteiger partial charge on any atom is -0.293 e. The van der Waals surface area contributed by atoms with Gasteiger partial charge in [0.2, 0.25) is 0 Å². The largest absolute Gasteiger partial charge is 0.293 e. The third-order valence-corrected chi connectivity index (χ3v) is 4.15. The maximum Gasteiger partial charge on any atom is 0.173 e. The zero-order valence-electron chi connectivity index (χ0n) is 9.90. The number of rotatable bonds is 3. The lowest BCUT2D eigenvalue weighted by molar-refractivity contribution is 0.0946. The van der Waals surface area contributed by atoms with E-state index in [4.69, 9.17) is 0 Å². The van der Waals surface area contributed by atoms with Crippen LogP contribution in [0.5, 0.6) is 0 Å². The lowest BCUT2D eigenvalue weighted by atomic mass is 9.87. The Bertz CT molecular complexity index is 568. The Morgan fingerprint density at radius 2 is 1.56 bits per heavy atom. The summed E-state index contributed by atoms with van der Waals surface area (Å²) in [5.74, 6) is 0.251. The molecule has 1 aliphatic rings. The highest BCUT2D eigenvalue weighted by atomic mass is 79.9. The topological polar surface area (TPSA) is 17.1 Å². The number of hydrogen-bond acceptors (Lipinski definition) is 1. The summed E-state index contributed by atoms with van der Waals surface area (Å²) in [7, 11) is 0. The summed E-state index contributed by atoms with van der Waals surface area (Å²) < 4.78 is 1.00. The van der Waals surface area contributed by atoms with E-state index in [0.29, 0.717) is 0 Å². The van der Waals surface area contributed by atoms with Crippen molar-refractivity contribution in [2.75, 3.05) is 0 Å². The van der Waals surface area contributed by atoms with Gasteiger partial charge in [-0.3, -0.25) is 4.79 Å².